The van der Waals surface area contributed by atoms with E-state index in [0.717, 1.165) is 16.8 Å². The number of carbonyl (C=O) groups excluding carboxylic acids is 1. The molecule has 124 valence electrons. The number of rotatable bonds is 3. The lowest BCUT2D eigenvalue weighted by Crippen LogP contribution is -2.26. The van der Waals surface area contributed by atoms with Crippen molar-refractivity contribution < 1.29 is 4.79 Å². The van der Waals surface area contributed by atoms with Crippen LogP contribution in [0.5, 0.6) is 0 Å². The lowest BCUT2D eigenvalue weighted by Gasteiger charge is -2.21. The van der Waals surface area contributed by atoms with Gasteiger partial charge >= 0.3 is 0 Å². The summed E-state index contributed by atoms with van der Waals surface area (Å²) in [6, 6.07) is 21.2. The Hall–Kier alpha value is -2.43. The summed E-state index contributed by atoms with van der Waals surface area (Å²) in [7, 11) is 0. The Morgan fingerprint density at radius 3 is 2.52 bits per heavy atom. The lowest BCUT2D eigenvalue weighted by atomic mass is 9.98. The van der Waals surface area contributed by atoms with Gasteiger partial charge in [-0.05, 0) is 23.1 Å². The summed E-state index contributed by atoms with van der Waals surface area (Å²) in [5, 5.41) is 8.81. The second-order valence-corrected chi connectivity index (χ2v) is 7.14. The van der Waals surface area contributed by atoms with Crippen molar-refractivity contribution in [1.82, 2.24) is 5.01 Å². The fourth-order valence-corrected chi connectivity index (χ4v) is 3.90. The van der Waals surface area contributed by atoms with Gasteiger partial charge in [0.2, 0.25) is 0 Å². The summed E-state index contributed by atoms with van der Waals surface area (Å²) in [6.07, 6.45) is 0.644. The monoisotopic (exact) mass is 366 g/mol. The number of amides is 1. The quantitative estimate of drug-likeness (QED) is 0.611. The van der Waals surface area contributed by atoms with Crippen LogP contribution in [0.1, 0.15) is 33.3 Å². The van der Waals surface area contributed by atoms with Gasteiger partial charge in [-0.1, -0.05) is 66.2 Å². The molecule has 1 atom stereocenters. The first kappa shape index (κ1) is 16.1. The van der Waals surface area contributed by atoms with Crippen molar-refractivity contribution >= 4 is 34.6 Å². The highest BCUT2D eigenvalue weighted by atomic mass is 35.5. The van der Waals surface area contributed by atoms with E-state index in [0.29, 0.717) is 16.3 Å². The zero-order valence-corrected chi connectivity index (χ0v) is 14.9. The summed E-state index contributed by atoms with van der Waals surface area (Å²) in [4.78, 5) is 13.6. The molecule has 5 heteroatoms. The van der Waals surface area contributed by atoms with Gasteiger partial charge in [0.15, 0.2) is 0 Å². The van der Waals surface area contributed by atoms with Crippen molar-refractivity contribution in [2.24, 2.45) is 5.10 Å². The number of hydrazone groups is 1. The molecule has 0 unspecified atom stereocenters. The highest BCUT2D eigenvalue weighted by Gasteiger charge is 2.34. The topological polar surface area (TPSA) is 32.7 Å². The van der Waals surface area contributed by atoms with Crippen LogP contribution in [0.15, 0.2) is 77.2 Å². The van der Waals surface area contributed by atoms with Crippen LogP contribution in [0.3, 0.4) is 0 Å². The third-order valence-corrected chi connectivity index (χ3v) is 5.41. The van der Waals surface area contributed by atoms with Crippen LogP contribution < -0.4 is 0 Å². The zero-order chi connectivity index (χ0) is 17.2. The van der Waals surface area contributed by atoms with Crippen molar-refractivity contribution in [3.8, 4) is 0 Å². The van der Waals surface area contributed by atoms with Crippen molar-refractivity contribution in [3.05, 3.63) is 93.1 Å². The number of benzene rings is 2. The SMILES string of the molecule is O=C(c1cccs1)N1N=C(c2ccccc2Cl)C[C@@H]1c1ccccc1. The molecule has 3 aromatic rings. The van der Waals surface area contributed by atoms with Crippen LogP contribution in [0.25, 0.3) is 0 Å². The zero-order valence-electron chi connectivity index (χ0n) is 13.3. The Balaban J connectivity index is 1.75. The van der Waals surface area contributed by atoms with Crippen LogP contribution in [0.4, 0.5) is 0 Å². The van der Waals surface area contributed by atoms with Crippen LogP contribution in [-0.4, -0.2) is 16.6 Å². The second-order valence-electron chi connectivity index (χ2n) is 5.78. The van der Waals surface area contributed by atoms with E-state index in [4.69, 9.17) is 11.6 Å². The van der Waals surface area contributed by atoms with Crippen molar-refractivity contribution in [1.29, 1.82) is 0 Å². The predicted octanol–water partition coefficient (Wildman–Crippen LogP) is 5.39. The molecule has 1 aliphatic heterocycles. The molecular formula is C20H15ClN2OS. The van der Waals surface area contributed by atoms with E-state index in [1.165, 1.54) is 11.3 Å². The van der Waals surface area contributed by atoms with Gasteiger partial charge < -0.3 is 0 Å². The fraction of sp³-hybridized carbons (Fsp3) is 0.100. The van der Waals surface area contributed by atoms with Gasteiger partial charge in [-0.15, -0.1) is 11.3 Å². The largest absolute Gasteiger partial charge is 0.284 e. The average molecular weight is 367 g/mol. The minimum atomic E-state index is -0.123. The summed E-state index contributed by atoms with van der Waals surface area (Å²) >= 11 is 7.77. The average Bonchev–Trinajstić information content (AvgIpc) is 3.32. The number of nitrogens with zero attached hydrogens (tertiary/aromatic N) is 2. The van der Waals surface area contributed by atoms with E-state index in [2.05, 4.69) is 5.10 Å². The van der Waals surface area contributed by atoms with E-state index in [1.54, 1.807) is 5.01 Å². The number of hydrogen-bond donors (Lipinski definition) is 0. The van der Waals surface area contributed by atoms with Gasteiger partial charge in [0.05, 0.1) is 16.6 Å². The number of hydrogen-bond acceptors (Lipinski definition) is 3. The van der Waals surface area contributed by atoms with Gasteiger partial charge in [0.25, 0.3) is 5.91 Å². The van der Waals surface area contributed by atoms with E-state index in [1.807, 2.05) is 72.1 Å². The van der Waals surface area contributed by atoms with Crippen molar-refractivity contribution in [3.63, 3.8) is 0 Å². The molecule has 2 aromatic carbocycles. The first-order valence-corrected chi connectivity index (χ1v) is 9.24. The number of thiophene rings is 1. The Labute approximate surface area is 155 Å². The van der Waals surface area contributed by atoms with E-state index in [9.17, 15) is 4.79 Å². The Morgan fingerprint density at radius 2 is 1.80 bits per heavy atom. The van der Waals surface area contributed by atoms with E-state index >= 15 is 0 Å². The standard InChI is InChI=1S/C20H15ClN2OS/c21-16-10-5-4-9-15(16)17-13-18(14-7-2-1-3-8-14)23(22-17)20(24)19-11-6-12-25-19/h1-12,18H,13H2/t18-/m1/s1. The molecule has 25 heavy (non-hydrogen) atoms. The Kier molecular flexibility index (Phi) is 4.38. The van der Waals surface area contributed by atoms with Gasteiger partial charge in [0, 0.05) is 17.0 Å². The van der Waals surface area contributed by atoms with Crippen molar-refractivity contribution in [2.45, 2.75) is 12.5 Å². The van der Waals surface area contributed by atoms with Crippen LogP contribution in [0.2, 0.25) is 5.02 Å². The summed E-state index contributed by atoms with van der Waals surface area (Å²) in [6.45, 7) is 0. The normalized spacial score (nSPS) is 16.8. The van der Waals surface area contributed by atoms with E-state index < -0.39 is 0 Å². The second kappa shape index (κ2) is 6.82. The molecule has 0 radical (unpaired) electrons. The Bertz CT molecular complexity index is 922. The Morgan fingerprint density at radius 1 is 1.04 bits per heavy atom. The fourth-order valence-electron chi connectivity index (χ4n) is 3.00. The number of halogens is 1. The molecular weight excluding hydrogens is 352 g/mol. The maximum absolute atomic E-state index is 12.9. The minimum Gasteiger partial charge on any atom is -0.266 e. The summed E-state index contributed by atoms with van der Waals surface area (Å²) in [5.41, 5.74) is 2.79. The molecule has 1 aromatic heterocycles. The molecule has 0 aliphatic carbocycles. The molecule has 1 aliphatic rings. The number of carbonyl (C=O) groups is 1. The highest BCUT2D eigenvalue weighted by molar-refractivity contribution is 7.12. The molecule has 0 fully saturated rings. The van der Waals surface area contributed by atoms with Crippen LogP contribution in [-0.2, 0) is 0 Å². The lowest BCUT2D eigenvalue weighted by molar-refractivity contribution is 0.0716. The van der Waals surface area contributed by atoms with Crippen molar-refractivity contribution in [2.75, 3.05) is 0 Å². The summed E-state index contributed by atoms with van der Waals surface area (Å²) < 4.78 is 0. The molecule has 0 N–H and O–H groups in total. The first-order valence-electron chi connectivity index (χ1n) is 7.98. The van der Waals surface area contributed by atoms with E-state index in [-0.39, 0.29) is 11.9 Å². The predicted molar refractivity (Wildman–Crippen MR) is 102 cm³/mol. The molecule has 0 saturated carbocycles. The molecule has 3 nitrogen and oxygen atoms in total. The summed E-state index contributed by atoms with van der Waals surface area (Å²) in [5.74, 6) is -0.0779. The third kappa shape index (κ3) is 3.11. The molecule has 2 heterocycles. The first-order chi connectivity index (χ1) is 12.2. The molecule has 0 bridgehead atoms. The van der Waals surface area contributed by atoms with Gasteiger partial charge in [-0.3, -0.25) is 4.79 Å². The maximum Gasteiger partial charge on any atom is 0.284 e. The third-order valence-electron chi connectivity index (χ3n) is 4.22. The molecule has 1 amide bonds. The van der Waals surface area contributed by atoms with Crippen LogP contribution >= 0.6 is 22.9 Å². The smallest absolute Gasteiger partial charge is 0.266 e. The minimum absolute atomic E-state index is 0.0779. The van der Waals surface area contributed by atoms with Gasteiger partial charge in [-0.25, -0.2) is 5.01 Å². The van der Waals surface area contributed by atoms with Gasteiger partial charge in [-0.2, -0.15) is 5.10 Å². The van der Waals surface area contributed by atoms with Gasteiger partial charge in [0.1, 0.15) is 0 Å². The molecule has 4 rings (SSSR count). The molecule has 0 spiro atoms. The highest BCUT2D eigenvalue weighted by Crippen LogP contribution is 2.35. The molecule has 0 saturated heterocycles. The van der Waals surface area contributed by atoms with Crippen LogP contribution in [0, 0.1) is 0 Å². The maximum atomic E-state index is 12.9.